The van der Waals surface area contributed by atoms with Gasteiger partial charge >= 0.3 is 6.03 Å². The van der Waals surface area contributed by atoms with Crippen LogP contribution in [0.2, 0.25) is 5.02 Å². The smallest absolute Gasteiger partial charge is 0.317 e. The Morgan fingerprint density at radius 1 is 0.903 bits per heavy atom. The molecule has 166 valence electrons. The Kier molecular flexibility index (Phi) is 6.88. The van der Waals surface area contributed by atoms with E-state index in [4.69, 9.17) is 11.6 Å². The standard InChI is InChI=1S/C24H32ClN5O/c1-19-7-8-21(25)17-23(19)29-13-15-30(16-14-29)24(31)26-18-20-5-3-4-6-22(20)28-11-9-27(2)10-12-28/h3-8,17H,9-16,18H2,1-2H3,(H,26,31). The zero-order valence-electron chi connectivity index (χ0n) is 18.5. The summed E-state index contributed by atoms with van der Waals surface area (Å²) in [5.41, 5.74) is 4.78. The van der Waals surface area contributed by atoms with Gasteiger partial charge in [0.2, 0.25) is 0 Å². The van der Waals surface area contributed by atoms with Crippen molar-refractivity contribution < 1.29 is 4.79 Å². The predicted octanol–water partition coefficient (Wildman–Crippen LogP) is 3.43. The molecule has 0 bridgehead atoms. The SMILES string of the molecule is Cc1ccc(Cl)cc1N1CCN(C(=O)NCc2ccccc2N2CCN(C)CC2)CC1. The fourth-order valence-corrected chi connectivity index (χ4v) is 4.54. The number of benzene rings is 2. The number of anilines is 2. The summed E-state index contributed by atoms with van der Waals surface area (Å²) in [5.74, 6) is 0. The number of urea groups is 1. The van der Waals surface area contributed by atoms with Crippen molar-refractivity contribution >= 4 is 29.0 Å². The minimum atomic E-state index is 0.00986. The first-order valence-electron chi connectivity index (χ1n) is 11.1. The summed E-state index contributed by atoms with van der Waals surface area (Å²) in [5, 5.41) is 3.89. The summed E-state index contributed by atoms with van der Waals surface area (Å²) in [6.45, 7) is 9.86. The second-order valence-corrected chi connectivity index (χ2v) is 8.92. The quantitative estimate of drug-likeness (QED) is 0.789. The van der Waals surface area contributed by atoms with Crippen molar-refractivity contribution in [3.05, 3.63) is 58.6 Å². The number of nitrogens with zero attached hydrogens (tertiary/aromatic N) is 4. The number of piperazine rings is 2. The summed E-state index contributed by atoms with van der Waals surface area (Å²) >= 11 is 6.18. The summed E-state index contributed by atoms with van der Waals surface area (Å²) in [7, 11) is 2.16. The number of halogens is 1. The fraction of sp³-hybridized carbons (Fsp3) is 0.458. The highest BCUT2D eigenvalue weighted by Crippen LogP contribution is 2.25. The van der Waals surface area contributed by atoms with Crippen LogP contribution in [0.15, 0.2) is 42.5 Å². The monoisotopic (exact) mass is 441 g/mol. The Labute approximate surface area is 190 Å². The maximum atomic E-state index is 12.8. The lowest BCUT2D eigenvalue weighted by Crippen LogP contribution is -2.52. The minimum Gasteiger partial charge on any atom is -0.369 e. The van der Waals surface area contributed by atoms with E-state index in [0.717, 1.165) is 50.0 Å². The van der Waals surface area contributed by atoms with Gasteiger partial charge in [0, 0.05) is 75.3 Å². The molecular formula is C24H32ClN5O. The summed E-state index contributed by atoms with van der Waals surface area (Å²) in [4.78, 5) is 21.8. The van der Waals surface area contributed by atoms with Gasteiger partial charge in [0.15, 0.2) is 0 Å². The van der Waals surface area contributed by atoms with Gasteiger partial charge in [-0.15, -0.1) is 0 Å². The third kappa shape index (κ3) is 5.25. The van der Waals surface area contributed by atoms with Crippen LogP contribution in [0.1, 0.15) is 11.1 Å². The molecule has 0 unspecified atom stereocenters. The van der Waals surface area contributed by atoms with Gasteiger partial charge < -0.3 is 24.9 Å². The molecule has 6 nitrogen and oxygen atoms in total. The number of rotatable bonds is 4. The number of para-hydroxylation sites is 1. The Morgan fingerprint density at radius 3 is 2.29 bits per heavy atom. The van der Waals surface area contributed by atoms with Crippen molar-refractivity contribution in [3.8, 4) is 0 Å². The van der Waals surface area contributed by atoms with Gasteiger partial charge in [0.25, 0.3) is 0 Å². The molecule has 0 saturated carbocycles. The van der Waals surface area contributed by atoms with E-state index in [1.165, 1.54) is 16.8 Å². The number of carbonyl (C=O) groups is 1. The molecule has 0 aromatic heterocycles. The normalized spacial score (nSPS) is 17.7. The Hall–Kier alpha value is -2.44. The number of hydrogen-bond acceptors (Lipinski definition) is 4. The lowest BCUT2D eigenvalue weighted by molar-refractivity contribution is 0.194. The maximum absolute atomic E-state index is 12.8. The molecule has 1 N–H and O–H groups in total. The molecule has 2 fully saturated rings. The van der Waals surface area contributed by atoms with Crippen molar-refractivity contribution in [3.63, 3.8) is 0 Å². The molecule has 0 atom stereocenters. The zero-order valence-corrected chi connectivity index (χ0v) is 19.2. The van der Waals surface area contributed by atoms with Crippen LogP contribution in [0.5, 0.6) is 0 Å². The van der Waals surface area contributed by atoms with Crippen LogP contribution in [-0.4, -0.2) is 75.2 Å². The first-order valence-corrected chi connectivity index (χ1v) is 11.4. The van der Waals surface area contributed by atoms with Crippen LogP contribution in [0.25, 0.3) is 0 Å². The Morgan fingerprint density at radius 2 is 1.55 bits per heavy atom. The van der Waals surface area contributed by atoms with Gasteiger partial charge in [-0.2, -0.15) is 0 Å². The molecule has 2 aromatic rings. The zero-order chi connectivity index (χ0) is 21.8. The lowest BCUT2D eigenvalue weighted by Gasteiger charge is -2.37. The predicted molar refractivity (Wildman–Crippen MR) is 128 cm³/mol. The lowest BCUT2D eigenvalue weighted by atomic mass is 10.1. The Balaban J connectivity index is 1.32. The van der Waals surface area contributed by atoms with Crippen molar-refractivity contribution in [1.82, 2.24) is 15.1 Å². The molecule has 2 aliphatic rings. The maximum Gasteiger partial charge on any atom is 0.317 e. The first kappa shape index (κ1) is 21.8. The van der Waals surface area contributed by atoms with Crippen molar-refractivity contribution in [1.29, 1.82) is 0 Å². The van der Waals surface area contributed by atoms with Gasteiger partial charge in [-0.25, -0.2) is 4.79 Å². The van der Waals surface area contributed by atoms with Crippen molar-refractivity contribution in [2.45, 2.75) is 13.5 Å². The van der Waals surface area contributed by atoms with Crippen molar-refractivity contribution in [2.24, 2.45) is 0 Å². The second-order valence-electron chi connectivity index (χ2n) is 8.48. The fourth-order valence-electron chi connectivity index (χ4n) is 4.37. The Bertz CT molecular complexity index is 905. The molecule has 2 heterocycles. The van der Waals surface area contributed by atoms with Crippen LogP contribution in [0.4, 0.5) is 16.2 Å². The average molecular weight is 442 g/mol. The first-order chi connectivity index (χ1) is 15.0. The van der Waals surface area contributed by atoms with Gasteiger partial charge in [0.1, 0.15) is 0 Å². The van der Waals surface area contributed by atoms with E-state index >= 15 is 0 Å². The number of carbonyl (C=O) groups excluding carboxylic acids is 1. The molecule has 2 aliphatic heterocycles. The molecule has 7 heteroatoms. The van der Waals surface area contributed by atoms with Crippen LogP contribution >= 0.6 is 11.6 Å². The van der Waals surface area contributed by atoms with E-state index in [2.05, 4.69) is 58.3 Å². The van der Waals surface area contributed by atoms with E-state index in [1.807, 2.05) is 23.1 Å². The highest BCUT2D eigenvalue weighted by molar-refractivity contribution is 6.30. The van der Waals surface area contributed by atoms with Crippen LogP contribution in [0.3, 0.4) is 0 Å². The molecule has 0 aliphatic carbocycles. The largest absolute Gasteiger partial charge is 0.369 e. The van der Waals surface area contributed by atoms with Crippen LogP contribution in [-0.2, 0) is 6.54 Å². The molecular weight excluding hydrogens is 410 g/mol. The molecule has 2 saturated heterocycles. The highest BCUT2D eigenvalue weighted by atomic mass is 35.5. The topological polar surface area (TPSA) is 42.1 Å². The van der Waals surface area contributed by atoms with Gasteiger partial charge in [0.05, 0.1) is 0 Å². The van der Waals surface area contributed by atoms with E-state index in [-0.39, 0.29) is 6.03 Å². The minimum absolute atomic E-state index is 0.00986. The average Bonchev–Trinajstić information content (AvgIpc) is 2.80. The van der Waals surface area contributed by atoms with E-state index < -0.39 is 0 Å². The van der Waals surface area contributed by atoms with Crippen LogP contribution < -0.4 is 15.1 Å². The third-order valence-electron chi connectivity index (χ3n) is 6.34. The number of aryl methyl sites for hydroxylation is 1. The summed E-state index contributed by atoms with van der Waals surface area (Å²) in [6, 6.07) is 14.4. The molecule has 2 aromatic carbocycles. The summed E-state index contributed by atoms with van der Waals surface area (Å²) in [6.07, 6.45) is 0. The number of likely N-dealkylation sites (N-methyl/N-ethyl adjacent to an activating group) is 1. The van der Waals surface area contributed by atoms with Crippen LogP contribution in [0, 0.1) is 6.92 Å². The molecule has 2 amide bonds. The number of amides is 2. The van der Waals surface area contributed by atoms with E-state index in [9.17, 15) is 4.79 Å². The molecule has 31 heavy (non-hydrogen) atoms. The van der Waals surface area contributed by atoms with Gasteiger partial charge in [-0.05, 0) is 43.3 Å². The van der Waals surface area contributed by atoms with E-state index in [0.29, 0.717) is 19.6 Å². The second kappa shape index (κ2) is 9.79. The highest BCUT2D eigenvalue weighted by Gasteiger charge is 2.23. The third-order valence-corrected chi connectivity index (χ3v) is 6.58. The summed E-state index contributed by atoms with van der Waals surface area (Å²) < 4.78 is 0. The van der Waals surface area contributed by atoms with Gasteiger partial charge in [-0.1, -0.05) is 35.9 Å². The number of nitrogens with one attached hydrogen (secondary N) is 1. The molecule has 0 radical (unpaired) electrons. The molecule has 0 spiro atoms. The van der Waals surface area contributed by atoms with E-state index in [1.54, 1.807) is 0 Å². The number of hydrogen-bond donors (Lipinski definition) is 1. The van der Waals surface area contributed by atoms with Crippen molar-refractivity contribution in [2.75, 3.05) is 69.2 Å². The molecule has 4 rings (SSSR count). The van der Waals surface area contributed by atoms with Gasteiger partial charge in [-0.3, -0.25) is 0 Å².